The van der Waals surface area contributed by atoms with E-state index in [-0.39, 0.29) is 0 Å². The first-order valence-corrected chi connectivity index (χ1v) is 8.86. The minimum atomic E-state index is 0.652. The van der Waals surface area contributed by atoms with E-state index < -0.39 is 0 Å². The third kappa shape index (κ3) is 3.96. The first-order chi connectivity index (χ1) is 13.7. The molecule has 0 aliphatic rings. The zero-order valence-electron chi connectivity index (χ0n) is 15.6. The fourth-order valence-electron chi connectivity index (χ4n) is 2.65. The van der Waals surface area contributed by atoms with Crippen LogP contribution in [0.5, 0.6) is 0 Å². The largest absolute Gasteiger partial charge is 0.252 e. The van der Waals surface area contributed by atoms with E-state index in [0.29, 0.717) is 11.6 Å². The van der Waals surface area contributed by atoms with Crippen molar-refractivity contribution in [3.8, 4) is 0 Å². The summed E-state index contributed by atoms with van der Waals surface area (Å²) < 4.78 is 0. The monoisotopic (exact) mass is 366 g/mol. The van der Waals surface area contributed by atoms with E-state index in [0.717, 1.165) is 33.3 Å². The third-order valence-corrected chi connectivity index (χ3v) is 4.15. The Morgan fingerprint density at radius 3 is 1.46 bits per heavy atom. The molecule has 0 amide bonds. The Morgan fingerprint density at radius 1 is 0.607 bits per heavy atom. The minimum absolute atomic E-state index is 0.652. The summed E-state index contributed by atoms with van der Waals surface area (Å²) in [6.45, 7) is 3.99. The third-order valence-electron chi connectivity index (χ3n) is 4.15. The standard InChI is InChI=1S/C22H18N6/c1-15-3-7-19(25-11-15)27-13-17-5-6-18(22-21(17)23-9-10-24-22)14-28-20-8-4-16(2)12-26-20/h3-14H,1-2H3. The van der Waals surface area contributed by atoms with Crippen molar-refractivity contribution in [2.45, 2.75) is 13.8 Å². The first kappa shape index (κ1) is 17.6. The predicted molar refractivity (Wildman–Crippen MR) is 112 cm³/mol. The van der Waals surface area contributed by atoms with Crippen LogP contribution >= 0.6 is 0 Å². The summed E-state index contributed by atoms with van der Waals surface area (Å²) >= 11 is 0. The van der Waals surface area contributed by atoms with Gasteiger partial charge in [0.05, 0.1) is 11.0 Å². The highest BCUT2D eigenvalue weighted by molar-refractivity contribution is 6.04. The van der Waals surface area contributed by atoms with E-state index in [1.54, 1.807) is 37.2 Å². The maximum Gasteiger partial charge on any atom is 0.151 e. The molecule has 3 aromatic heterocycles. The minimum Gasteiger partial charge on any atom is -0.252 e. The number of aryl methyl sites for hydroxylation is 2. The second-order valence-electron chi connectivity index (χ2n) is 6.40. The Bertz CT molecular complexity index is 1070. The summed E-state index contributed by atoms with van der Waals surface area (Å²) in [6, 6.07) is 11.6. The van der Waals surface area contributed by atoms with Gasteiger partial charge in [0, 0.05) is 48.3 Å². The van der Waals surface area contributed by atoms with Crippen molar-refractivity contribution in [1.29, 1.82) is 0 Å². The molecule has 4 rings (SSSR count). The molecule has 3 heterocycles. The Morgan fingerprint density at radius 2 is 1.07 bits per heavy atom. The fraction of sp³-hybridized carbons (Fsp3) is 0.0909. The van der Waals surface area contributed by atoms with Crippen LogP contribution in [-0.2, 0) is 0 Å². The number of nitrogens with zero attached hydrogens (tertiary/aromatic N) is 6. The number of pyridine rings is 2. The van der Waals surface area contributed by atoms with Crippen LogP contribution in [0.15, 0.2) is 71.2 Å². The van der Waals surface area contributed by atoms with Crippen molar-refractivity contribution in [2.75, 3.05) is 0 Å². The predicted octanol–water partition coefficient (Wildman–Crippen LogP) is 4.54. The van der Waals surface area contributed by atoms with Gasteiger partial charge in [0.1, 0.15) is 0 Å². The van der Waals surface area contributed by atoms with Crippen LogP contribution in [0.2, 0.25) is 0 Å². The number of aromatic nitrogens is 4. The average Bonchev–Trinajstić information content (AvgIpc) is 2.73. The van der Waals surface area contributed by atoms with E-state index in [9.17, 15) is 0 Å². The number of rotatable bonds is 4. The van der Waals surface area contributed by atoms with Gasteiger partial charge in [-0.1, -0.05) is 24.3 Å². The molecule has 0 unspecified atom stereocenters. The van der Waals surface area contributed by atoms with Crippen molar-refractivity contribution in [3.63, 3.8) is 0 Å². The highest BCUT2D eigenvalue weighted by atomic mass is 14.9. The molecular weight excluding hydrogens is 348 g/mol. The highest BCUT2D eigenvalue weighted by Gasteiger charge is 2.06. The van der Waals surface area contributed by atoms with Crippen LogP contribution < -0.4 is 0 Å². The molecule has 6 heteroatoms. The lowest BCUT2D eigenvalue weighted by atomic mass is 10.1. The number of hydrogen-bond donors (Lipinski definition) is 0. The van der Waals surface area contributed by atoms with E-state index in [4.69, 9.17) is 0 Å². The van der Waals surface area contributed by atoms with Gasteiger partial charge in [-0.15, -0.1) is 0 Å². The number of benzene rings is 1. The number of hydrogen-bond acceptors (Lipinski definition) is 6. The van der Waals surface area contributed by atoms with Crippen LogP contribution in [-0.4, -0.2) is 32.4 Å². The summed E-state index contributed by atoms with van der Waals surface area (Å²) in [6.07, 6.45) is 10.5. The summed E-state index contributed by atoms with van der Waals surface area (Å²) in [5.74, 6) is 1.30. The molecule has 0 bridgehead atoms. The Kier molecular flexibility index (Phi) is 4.93. The van der Waals surface area contributed by atoms with Gasteiger partial charge in [0.2, 0.25) is 0 Å². The number of aliphatic imine (C=N–C) groups is 2. The van der Waals surface area contributed by atoms with E-state index in [2.05, 4.69) is 29.9 Å². The van der Waals surface area contributed by atoms with Crippen molar-refractivity contribution in [3.05, 3.63) is 83.4 Å². The second-order valence-corrected chi connectivity index (χ2v) is 6.40. The van der Waals surface area contributed by atoms with Crippen molar-refractivity contribution < 1.29 is 0 Å². The zero-order chi connectivity index (χ0) is 19.3. The molecule has 4 aromatic rings. The molecule has 0 N–H and O–H groups in total. The van der Waals surface area contributed by atoms with Crippen molar-refractivity contribution >= 4 is 35.1 Å². The maximum absolute atomic E-state index is 4.48. The Balaban J connectivity index is 1.68. The maximum atomic E-state index is 4.48. The average molecular weight is 366 g/mol. The molecular formula is C22H18N6. The highest BCUT2D eigenvalue weighted by Crippen LogP contribution is 2.18. The Labute approximate surface area is 162 Å². The lowest BCUT2D eigenvalue weighted by Gasteiger charge is -2.04. The lowest BCUT2D eigenvalue weighted by molar-refractivity contribution is 1.23. The molecule has 1 aromatic carbocycles. The van der Waals surface area contributed by atoms with Crippen LogP contribution in [0, 0.1) is 13.8 Å². The van der Waals surface area contributed by atoms with Gasteiger partial charge in [-0.2, -0.15) is 0 Å². The molecule has 0 radical (unpaired) electrons. The van der Waals surface area contributed by atoms with Crippen LogP contribution in [0.25, 0.3) is 11.0 Å². The van der Waals surface area contributed by atoms with E-state index >= 15 is 0 Å². The molecule has 0 saturated carbocycles. The normalized spacial score (nSPS) is 11.6. The quantitative estimate of drug-likeness (QED) is 0.497. The van der Waals surface area contributed by atoms with Gasteiger partial charge in [0.15, 0.2) is 11.6 Å². The molecule has 28 heavy (non-hydrogen) atoms. The zero-order valence-corrected chi connectivity index (χ0v) is 15.6. The smallest absolute Gasteiger partial charge is 0.151 e. The van der Waals surface area contributed by atoms with Gasteiger partial charge >= 0.3 is 0 Å². The molecule has 0 atom stereocenters. The van der Waals surface area contributed by atoms with Gasteiger partial charge in [0.25, 0.3) is 0 Å². The SMILES string of the molecule is Cc1ccc(N=Cc2ccc(C=Nc3ccc(C)cn3)c3nccnc23)nc1. The molecule has 0 fully saturated rings. The second kappa shape index (κ2) is 7.84. The van der Waals surface area contributed by atoms with E-state index in [1.807, 2.05) is 50.2 Å². The molecule has 0 aliphatic carbocycles. The van der Waals surface area contributed by atoms with Crippen LogP contribution in [0.1, 0.15) is 22.3 Å². The summed E-state index contributed by atoms with van der Waals surface area (Å²) in [4.78, 5) is 26.5. The van der Waals surface area contributed by atoms with Crippen LogP contribution in [0.4, 0.5) is 11.6 Å². The van der Waals surface area contributed by atoms with Crippen molar-refractivity contribution in [2.24, 2.45) is 9.98 Å². The van der Waals surface area contributed by atoms with Gasteiger partial charge in [-0.3, -0.25) is 9.97 Å². The topological polar surface area (TPSA) is 76.3 Å². The molecule has 136 valence electrons. The van der Waals surface area contributed by atoms with Crippen LogP contribution in [0.3, 0.4) is 0 Å². The fourth-order valence-corrected chi connectivity index (χ4v) is 2.65. The summed E-state index contributed by atoms with van der Waals surface area (Å²) in [5, 5.41) is 0. The Hall–Kier alpha value is -3.80. The van der Waals surface area contributed by atoms with Gasteiger partial charge in [-0.25, -0.2) is 20.0 Å². The summed E-state index contributed by atoms with van der Waals surface area (Å²) in [7, 11) is 0. The molecule has 0 saturated heterocycles. The van der Waals surface area contributed by atoms with Gasteiger partial charge < -0.3 is 0 Å². The molecule has 0 spiro atoms. The molecule has 6 nitrogen and oxygen atoms in total. The molecule has 0 aliphatic heterocycles. The van der Waals surface area contributed by atoms with E-state index in [1.165, 1.54) is 0 Å². The van der Waals surface area contributed by atoms with Gasteiger partial charge in [-0.05, 0) is 37.1 Å². The number of fused-ring (bicyclic) bond motifs is 1. The first-order valence-electron chi connectivity index (χ1n) is 8.86. The van der Waals surface area contributed by atoms with Crippen molar-refractivity contribution in [1.82, 2.24) is 19.9 Å². The summed E-state index contributed by atoms with van der Waals surface area (Å²) in [5.41, 5.74) is 5.47. The lowest BCUT2D eigenvalue weighted by Crippen LogP contribution is -1.95.